The Hall–Kier alpha value is -1.73. The average Bonchev–Trinajstić information content (AvgIpc) is 2.66. The molecule has 27 heavy (non-hydrogen) atoms. The second kappa shape index (κ2) is 8.97. The third kappa shape index (κ3) is 4.96. The Bertz CT molecular complexity index is 654. The van der Waals surface area contributed by atoms with Crippen molar-refractivity contribution < 1.29 is 14.1 Å². The van der Waals surface area contributed by atoms with Crippen molar-refractivity contribution in [2.24, 2.45) is 0 Å². The van der Waals surface area contributed by atoms with Gasteiger partial charge in [0, 0.05) is 31.8 Å². The van der Waals surface area contributed by atoms with Crippen LogP contribution in [-0.2, 0) is 4.74 Å². The van der Waals surface area contributed by atoms with Gasteiger partial charge in [-0.2, -0.15) is 0 Å². The van der Waals surface area contributed by atoms with E-state index in [-0.39, 0.29) is 11.7 Å². The molecule has 1 aromatic rings. The SMILES string of the molecule is CCOC1CCC(N2CCC(Nc3cc(C)c(F)cc3[N+](=O)[O-])CC2)CC1. The van der Waals surface area contributed by atoms with Crippen molar-refractivity contribution in [3.8, 4) is 0 Å². The van der Waals surface area contributed by atoms with Crippen molar-refractivity contribution in [2.75, 3.05) is 25.0 Å². The monoisotopic (exact) mass is 379 g/mol. The number of hydrogen-bond acceptors (Lipinski definition) is 5. The van der Waals surface area contributed by atoms with E-state index >= 15 is 0 Å². The number of likely N-dealkylation sites (tertiary alicyclic amines) is 1. The minimum Gasteiger partial charge on any atom is -0.379 e. The molecule has 0 bridgehead atoms. The van der Waals surface area contributed by atoms with Crippen LogP contribution >= 0.6 is 0 Å². The van der Waals surface area contributed by atoms with Crippen LogP contribution in [-0.4, -0.2) is 47.7 Å². The van der Waals surface area contributed by atoms with Crippen LogP contribution in [0.3, 0.4) is 0 Å². The predicted octanol–water partition coefficient (Wildman–Crippen LogP) is 4.27. The van der Waals surface area contributed by atoms with E-state index in [4.69, 9.17) is 4.74 Å². The molecule has 3 rings (SSSR count). The highest BCUT2D eigenvalue weighted by atomic mass is 19.1. The van der Waals surface area contributed by atoms with E-state index in [1.54, 1.807) is 13.0 Å². The summed E-state index contributed by atoms with van der Waals surface area (Å²) < 4.78 is 19.4. The van der Waals surface area contributed by atoms with Crippen molar-refractivity contribution in [2.45, 2.75) is 70.6 Å². The number of halogens is 1. The third-order valence-corrected chi connectivity index (χ3v) is 5.93. The van der Waals surface area contributed by atoms with Crippen LogP contribution < -0.4 is 5.32 Å². The summed E-state index contributed by atoms with van der Waals surface area (Å²) in [4.78, 5) is 13.3. The predicted molar refractivity (Wildman–Crippen MR) is 104 cm³/mol. The molecule has 0 unspecified atom stereocenters. The normalized spacial score (nSPS) is 24.7. The molecule has 1 N–H and O–H groups in total. The van der Waals surface area contributed by atoms with Crippen molar-refractivity contribution in [3.63, 3.8) is 0 Å². The minimum atomic E-state index is -0.537. The van der Waals surface area contributed by atoms with Gasteiger partial charge < -0.3 is 15.0 Å². The highest BCUT2D eigenvalue weighted by molar-refractivity contribution is 5.63. The molecule has 0 aromatic heterocycles. The van der Waals surface area contributed by atoms with Gasteiger partial charge in [-0.05, 0) is 64.0 Å². The molecule has 150 valence electrons. The number of hydrogen-bond donors (Lipinski definition) is 1. The lowest BCUT2D eigenvalue weighted by Gasteiger charge is -2.41. The third-order valence-electron chi connectivity index (χ3n) is 5.93. The van der Waals surface area contributed by atoms with Crippen molar-refractivity contribution in [3.05, 3.63) is 33.6 Å². The number of anilines is 1. The topological polar surface area (TPSA) is 67.6 Å². The van der Waals surface area contributed by atoms with E-state index in [0.717, 1.165) is 51.4 Å². The smallest absolute Gasteiger partial charge is 0.295 e. The molecule has 1 saturated heterocycles. The van der Waals surface area contributed by atoms with Gasteiger partial charge in [0.25, 0.3) is 5.69 Å². The molecule has 2 aliphatic rings. The lowest BCUT2D eigenvalue weighted by Crippen LogP contribution is -2.46. The summed E-state index contributed by atoms with van der Waals surface area (Å²) in [6.07, 6.45) is 6.96. The zero-order valence-electron chi connectivity index (χ0n) is 16.2. The molecule has 6 nitrogen and oxygen atoms in total. The van der Waals surface area contributed by atoms with Crippen molar-refractivity contribution >= 4 is 11.4 Å². The Morgan fingerprint density at radius 3 is 2.48 bits per heavy atom. The highest BCUT2D eigenvalue weighted by Crippen LogP contribution is 2.31. The lowest BCUT2D eigenvalue weighted by molar-refractivity contribution is -0.384. The van der Waals surface area contributed by atoms with Crippen molar-refractivity contribution in [1.29, 1.82) is 0 Å². The summed E-state index contributed by atoms with van der Waals surface area (Å²) in [5, 5.41) is 14.5. The van der Waals surface area contributed by atoms with Gasteiger partial charge in [-0.1, -0.05) is 0 Å². The van der Waals surface area contributed by atoms with Gasteiger partial charge in [0.15, 0.2) is 0 Å². The summed E-state index contributed by atoms with van der Waals surface area (Å²) in [7, 11) is 0. The number of piperidine rings is 1. The fourth-order valence-electron chi connectivity index (χ4n) is 4.38. The van der Waals surface area contributed by atoms with E-state index in [1.807, 2.05) is 0 Å². The fourth-order valence-corrected chi connectivity index (χ4v) is 4.38. The van der Waals surface area contributed by atoms with E-state index in [1.165, 1.54) is 12.8 Å². The Labute approximate surface area is 160 Å². The molecule has 7 heteroatoms. The largest absolute Gasteiger partial charge is 0.379 e. The Morgan fingerprint density at radius 1 is 1.22 bits per heavy atom. The molecule has 0 atom stereocenters. The number of aryl methyl sites for hydroxylation is 1. The molecule has 1 heterocycles. The number of ether oxygens (including phenoxy) is 1. The van der Waals surface area contributed by atoms with E-state index in [0.29, 0.717) is 23.4 Å². The van der Waals surface area contributed by atoms with Gasteiger partial charge in [0.2, 0.25) is 0 Å². The zero-order valence-corrected chi connectivity index (χ0v) is 16.2. The van der Waals surface area contributed by atoms with Gasteiger partial charge in [0.05, 0.1) is 17.1 Å². The number of nitro groups is 1. The molecule has 1 saturated carbocycles. The highest BCUT2D eigenvalue weighted by Gasteiger charge is 2.30. The molecule has 1 aliphatic heterocycles. The molecule has 2 fully saturated rings. The van der Waals surface area contributed by atoms with Gasteiger partial charge in [-0.25, -0.2) is 4.39 Å². The molecule has 1 aliphatic carbocycles. The van der Waals surface area contributed by atoms with Crippen LogP contribution in [0, 0.1) is 22.9 Å². The molecule has 0 amide bonds. The van der Waals surface area contributed by atoms with Gasteiger partial charge in [-0.3, -0.25) is 10.1 Å². The molecule has 0 spiro atoms. The van der Waals surface area contributed by atoms with E-state index < -0.39 is 10.7 Å². The van der Waals surface area contributed by atoms with Crippen LogP contribution in [0.1, 0.15) is 51.0 Å². The maximum Gasteiger partial charge on any atom is 0.295 e. The first-order valence-electron chi connectivity index (χ1n) is 10.0. The zero-order chi connectivity index (χ0) is 19.4. The van der Waals surface area contributed by atoms with Crippen LogP contribution in [0.25, 0.3) is 0 Å². The molecule has 0 radical (unpaired) electrons. The van der Waals surface area contributed by atoms with Crippen LogP contribution in [0.15, 0.2) is 12.1 Å². The summed E-state index contributed by atoms with van der Waals surface area (Å²) >= 11 is 0. The number of benzene rings is 1. The molecular formula is C20H30FN3O3. The lowest BCUT2D eigenvalue weighted by atomic mass is 9.90. The van der Waals surface area contributed by atoms with Gasteiger partial charge in [-0.15, -0.1) is 0 Å². The number of nitrogens with zero attached hydrogens (tertiary/aromatic N) is 2. The summed E-state index contributed by atoms with van der Waals surface area (Å²) in [5.41, 5.74) is 0.663. The molecule has 1 aromatic carbocycles. The van der Waals surface area contributed by atoms with Crippen molar-refractivity contribution in [1.82, 2.24) is 4.90 Å². The van der Waals surface area contributed by atoms with Gasteiger partial charge in [0.1, 0.15) is 11.5 Å². The summed E-state index contributed by atoms with van der Waals surface area (Å²) in [6.45, 7) is 6.47. The standard InChI is InChI=1S/C20H30FN3O3/c1-3-27-17-6-4-16(5-7-17)23-10-8-15(9-11-23)22-19-12-14(2)18(21)13-20(19)24(25)26/h12-13,15-17,22H,3-11H2,1-2H3. The second-order valence-electron chi connectivity index (χ2n) is 7.72. The summed E-state index contributed by atoms with van der Waals surface area (Å²) in [5.74, 6) is -0.537. The van der Waals surface area contributed by atoms with Crippen LogP contribution in [0.2, 0.25) is 0 Å². The first-order valence-corrected chi connectivity index (χ1v) is 10.0. The number of nitrogens with one attached hydrogen (secondary N) is 1. The van der Waals surface area contributed by atoms with E-state index in [2.05, 4.69) is 17.1 Å². The maximum absolute atomic E-state index is 13.7. The fraction of sp³-hybridized carbons (Fsp3) is 0.700. The Morgan fingerprint density at radius 2 is 1.89 bits per heavy atom. The minimum absolute atomic E-state index is 0.185. The number of nitro benzene ring substituents is 1. The first kappa shape index (κ1) is 20.0. The Balaban J connectivity index is 1.53. The summed E-state index contributed by atoms with van der Waals surface area (Å²) in [6, 6.07) is 3.38. The van der Waals surface area contributed by atoms with Crippen LogP contribution in [0.4, 0.5) is 15.8 Å². The van der Waals surface area contributed by atoms with Gasteiger partial charge >= 0.3 is 0 Å². The average molecular weight is 379 g/mol. The first-order chi connectivity index (χ1) is 13.0. The molecular weight excluding hydrogens is 349 g/mol. The van der Waals surface area contributed by atoms with Crippen LogP contribution in [0.5, 0.6) is 0 Å². The number of rotatable bonds is 6. The quantitative estimate of drug-likeness (QED) is 0.591. The second-order valence-corrected chi connectivity index (χ2v) is 7.72. The maximum atomic E-state index is 13.7. The Kier molecular flexibility index (Phi) is 6.65. The van der Waals surface area contributed by atoms with E-state index in [9.17, 15) is 14.5 Å².